The number of likely N-dealkylation sites (tertiary alicyclic amines) is 1. The number of hydrogen-bond acceptors (Lipinski definition) is 4. The molecule has 0 saturated carbocycles. The summed E-state index contributed by atoms with van der Waals surface area (Å²) in [6.45, 7) is 7.25. The molecule has 1 aliphatic rings. The van der Waals surface area contributed by atoms with E-state index in [1.165, 1.54) is 4.90 Å². The van der Waals surface area contributed by atoms with E-state index in [-0.39, 0.29) is 13.0 Å². The maximum atomic E-state index is 12.2. The summed E-state index contributed by atoms with van der Waals surface area (Å²) in [6, 6.07) is 4.39. The molecule has 1 aromatic rings. The number of ether oxygens (including phenoxy) is 2. The summed E-state index contributed by atoms with van der Waals surface area (Å²) in [6.07, 6.45) is -0.937. The van der Waals surface area contributed by atoms with Crippen LogP contribution in [0.15, 0.2) is 18.2 Å². The normalized spacial score (nSPS) is 20.8. The fourth-order valence-corrected chi connectivity index (χ4v) is 2.80. The fraction of sp³-hybridized carbons (Fsp3) is 0.529. The van der Waals surface area contributed by atoms with Gasteiger partial charge in [0.1, 0.15) is 23.5 Å². The Bertz CT molecular complexity index is 640. The van der Waals surface area contributed by atoms with Gasteiger partial charge in [-0.25, -0.2) is 9.59 Å². The van der Waals surface area contributed by atoms with Crippen molar-refractivity contribution in [3.8, 4) is 5.75 Å². The first-order valence-corrected chi connectivity index (χ1v) is 8.10. The lowest BCUT2D eigenvalue weighted by Gasteiger charge is -2.26. The van der Waals surface area contributed by atoms with E-state index >= 15 is 0 Å². The lowest BCUT2D eigenvalue weighted by Crippen LogP contribution is -2.43. The zero-order chi connectivity index (χ0) is 18.1. The molecule has 0 radical (unpaired) electrons. The first-order chi connectivity index (χ1) is 11.1. The maximum absolute atomic E-state index is 12.2. The third-order valence-corrected chi connectivity index (χ3v) is 3.85. The number of aliphatic carboxylic acids is 1. The minimum atomic E-state index is -1.08. The fourth-order valence-electron chi connectivity index (χ4n) is 2.52. The molecule has 7 heteroatoms. The molecule has 1 N–H and O–H groups in total. The highest BCUT2D eigenvalue weighted by molar-refractivity contribution is 6.32. The van der Waals surface area contributed by atoms with Crippen molar-refractivity contribution in [2.75, 3.05) is 6.54 Å². The number of aryl methyl sites for hydroxylation is 1. The second-order valence-corrected chi connectivity index (χ2v) is 7.30. The van der Waals surface area contributed by atoms with Gasteiger partial charge in [0.2, 0.25) is 0 Å². The van der Waals surface area contributed by atoms with E-state index in [0.29, 0.717) is 10.8 Å². The summed E-state index contributed by atoms with van der Waals surface area (Å²) in [5, 5.41) is 9.83. The van der Waals surface area contributed by atoms with Gasteiger partial charge in [0.15, 0.2) is 0 Å². The summed E-state index contributed by atoms with van der Waals surface area (Å²) < 4.78 is 11.1. The van der Waals surface area contributed by atoms with Crippen molar-refractivity contribution in [2.24, 2.45) is 0 Å². The van der Waals surface area contributed by atoms with Crippen LogP contribution in [0.4, 0.5) is 4.79 Å². The number of carbonyl (C=O) groups excluding carboxylic acids is 1. The van der Waals surface area contributed by atoms with Gasteiger partial charge in [-0.3, -0.25) is 4.90 Å². The van der Waals surface area contributed by atoms with Crippen LogP contribution in [0.25, 0.3) is 0 Å². The average Bonchev–Trinajstić information content (AvgIpc) is 2.84. The molecule has 2 unspecified atom stereocenters. The third-order valence-electron chi connectivity index (χ3n) is 3.56. The van der Waals surface area contributed by atoms with Gasteiger partial charge >= 0.3 is 12.1 Å². The topological polar surface area (TPSA) is 76.1 Å². The molecule has 0 spiro atoms. The highest BCUT2D eigenvalue weighted by Crippen LogP contribution is 2.30. The highest BCUT2D eigenvalue weighted by Gasteiger charge is 2.42. The number of hydrogen-bond donors (Lipinski definition) is 1. The van der Waals surface area contributed by atoms with Crippen LogP contribution in [0.2, 0.25) is 5.02 Å². The second-order valence-electron chi connectivity index (χ2n) is 6.90. The number of amides is 1. The van der Waals surface area contributed by atoms with Gasteiger partial charge in [0, 0.05) is 6.42 Å². The molecule has 24 heavy (non-hydrogen) atoms. The second kappa shape index (κ2) is 6.89. The van der Waals surface area contributed by atoms with Crippen LogP contribution in [0.1, 0.15) is 32.8 Å². The maximum Gasteiger partial charge on any atom is 0.411 e. The molecule has 6 nitrogen and oxygen atoms in total. The molecular formula is C17H22ClNO5. The highest BCUT2D eigenvalue weighted by atomic mass is 35.5. The van der Waals surface area contributed by atoms with Crippen LogP contribution in [0.5, 0.6) is 5.75 Å². The zero-order valence-electron chi connectivity index (χ0n) is 14.2. The van der Waals surface area contributed by atoms with Gasteiger partial charge in [-0.15, -0.1) is 0 Å². The van der Waals surface area contributed by atoms with E-state index in [1.807, 2.05) is 13.0 Å². The quantitative estimate of drug-likeness (QED) is 0.898. The number of benzene rings is 1. The standard InChI is InChI=1S/C17H22ClNO5/c1-10-5-6-14(12(18)7-10)23-11-8-13(15(20)21)19(9-11)16(22)24-17(2,3)4/h5-7,11,13H,8-9H2,1-4H3,(H,20,21). The molecule has 0 aliphatic carbocycles. The predicted molar refractivity (Wildman–Crippen MR) is 89.6 cm³/mol. The van der Waals surface area contributed by atoms with Crippen molar-refractivity contribution in [3.05, 3.63) is 28.8 Å². The molecule has 1 aliphatic heterocycles. The number of halogens is 1. The molecule has 1 heterocycles. The van der Waals surface area contributed by atoms with Crippen LogP contribution in [0, 0.1) is 6.92 Å². The smallest absolute Gasteiger partial charge is 0.411 e. The van der Waals surface area contributed by atoms with Crippen molar-refractivity contribution in [3.63, 3.8) is 0 Å². The summed E-state index contributed by atoms with van der Waals surface area (Å²) in [4.78, 5) is 24.9. The molecule has 1 amide bonds. The Morgan fingerprint density at radius 3 is 2.54 bits per heavy atom. The number of rotatable bonds is 3. The van der Waals surface area contributed by atoms with Crippen molar-refractivity contribution in [1.82, 2.24) is 4.90 Å². The van der Waals surface area contributed by atoms with E-state index in [4.69, 9.17) is 21.1 Å². The lowest BCUT2D eigenvalue weighted by molar-refractivity contribution is -0.142. The van der Waals surface area contributed by atoms with Gasteiger partial charge < -0.3 is 14.6 Å². The Balaban J connectivity index is 2.11. The largest absolute Gasteiger partial charge is 0.487 e. The number of carboxylic acids is 1. The van der Waals surface area contributed by atoms with Crippen molar-refractivity contribution >= 4 is 23.7 Å². The van der Waals surface area contributed by atoms with Crippen molar-refractivity contribution < 1.29 is 24.2 Å². The van der Waals surface area contributed by atoms with Gasteiger partial charge in [-0.05, 0) is 45.4 Å². The van der Waals surface area contributed by atoms with E-state index in [1.54, 1.807) is 32.9 Å². The number of nitrogens with zero attached hydrogens (tertiary/aromatic N) is 1. The first kappa shape index (κ1) is 18.4. The van der Waals surface area contributed by atoms with Crippen LogP contribution in [-0.2, 0) is 9.53 Å². The Kier molecular flexibility index (Phi) is 5.28. The molecule has 2 atom stereocenters. The molecule has 1 aromatic carbocycles. The first-order valence-electron chi connectivity index (χ1n) is 7.72. The minimum absolute atomic E-state index is 0.135. The van der Waals surface area contributed by atoms with E-state index < -0.39 is 29.8 Å². The van der Waals surface area contributed by atoms with E-state index in [2.05, 4.69) is 0 Å². The SMILES string of the molecule is Cc1ccc(OC2CC(C(=O)O)N(C(=O)OC(C)(C)C)C2)c(Cl)c1. The number of carboxylic acid groups (broad SMARTS) is 1. The third kappa shape index (κ3) is 4.54. The summed E-state index contributed by atoms with van der Waals surface area (Å²) >= 11 is 6.15. The van der Waals surface area contributed by atoms with E-state index in [9.17, 15) is 14.7 Å². The van der Waals surface area contributed by atoms with Crippen LogP contribution >= 0.6 is 11.6 Å². The Hall–Kier alpha value is -1.95. The molecular weight excluding hydrogens is 334 g/mol. The van der Waals surface area contributed by atoms with E-state index in [0.717, 1.165) is 5.56 Å². The zero-order valence-corrected chi connectivity index (χ0v) is 15.0. The summed E-state index contributed by atoms with van der Waals surface area (Å²) in [5.74, 6) is -0.607. The van der Waals surface area contributed by atoms with Crippen LogP contribution in [-0.4, -0.2) is 46.4 Å². The van der Waals surface area contributed by atoms with Gasteiger partial charge in [-0.2, -0.15) is 0 Å². The Morgan fingerprint density at radius 2 is 2.00 bits per heavy atom. The van der Waals surface area contributed by atoms with Crippen molar-refractivity contribution in [2.45, 2.75) is 51.9 Å². The molecule has 0 bridgehead atoms. The number of carbonyl (C=O) groups is 2. The van der Waals surface area contributed by atoms with Crippen LogP contribution < -0.4 is 4.74 Å². The van der Waals surface area contributed by atoms with Gasteiger partial charge in [0.05, 0.1) is 11.6 Å². The summed E-state index contributed by atoms with van der Waals surface area (Å²) in [7, 11) is 0. The molecule has 2 rings (SSSR count). The lowest BCUT2D eigenvalue weighted by atomic mass is 10.2. The predicted octanol–water partition coefficient (Wildman–Crippen LogP) is 3.49. The molecule has 0 aromatic heterocycles. The van der Waals surface area contributed by atoms with Crippen molar-refractivity contribution in [1.29, 1.82) is 0 Å². The Labute approximate surface area is 146 Å². The molecule has 1 saturated heterocycles. The molecule has 1 fully saturated rings. The van der Waals surface area contributed by atoms with Gasteiger partial charge in [0.25, 0.3) is 0 Å². The minimum Gasteiger partial charge on any atom is -0.487 e. The van der Waals surface area contributed by atoms with Gasteiger partial charge in [-0.1, -0.05) is 17.7 Å². The average molecular weight is 356 g/mol. The molecule has 132 valence electrons. The van der Waals surface area contributed by atoms with Crippen LogP contribution in [0.3, 0.4) is 0 Å². The Morgan fingerprint density at radius 1 is 1.33 bits per heavy atom. The monoisotopic (exact) mass is 355 g/mol. The summed E-state index contributed by atoms with van der Waals surface area (Å²) in [5.41, 5.74) is 0.303.